The third-order valence-electron chi connectivity index (χ3n) is 1.92. The molecule has 0 amide bonds. The summed E-state index contributed by atoms with van der Waals surface area (Å²) in [4.78, 5) is 4.05. The zero-order valence-corrected chi connectivity index (χ0v) is 7.04. The Morgan fingerprint density at radius 1 is 1.55 bits per heavy atom. The van der Waals surface area contributed by atoms with E-state index in [-0.39, 0.29) is 5.41 Å². The zero-order valence-electron chi connectivity index (χ0n) is 7.04. The molecule has 0 radical (unpaired) electrons. The summed E-state index contributed by atoms with van der Waals surface area (Å²) < 4.78 is 0. The van der Waals surface area contributed by atoms with E-state index in [1.807, 2.05) is 18.3 Å². The average Bonchev–Trinajstić information content (AvgIpc) is 2.06. The fraction of sp³-hybridized carbons (Fsp3) is 0.300. The fourth-order valence-electron chi connectivity index (χ4n) is 0.862. The summed E-state index contributed by atoms with van der Waals surface area (Å²) in [6.45, 7) is 8.03. The first-order chi connectivity index (χ1) is 5.17. The van der Waals surface area contributed by atoms with E-state index in [1.165, 1.54) is 5.56 Å². The molecule has 0 atom stereocenters. The van der Waals surface area contributed by atoms with Crippen molar-refractivity contribution < 1.29 is 0 Å². The second-order valence-electron chi connectivity index (χ2n) is 3.17. The van der Waals surface area contributed by atoms with E-state index < -0.39 is 0 Å². The Balaban J connectivity index is 3.02. The number of rotatable bonds is 2. The molecule has 0 aliphatic heterocycles. The lowest BCUT2D eigenvalue weighted by Crippen LogP contribution is -2.12. The van der Waals surface area contributed by atoms with Crippen LogP contribution in [0.4, 0.5) is 0 Å². The van der Waals surface area contributed by atoms with E-state index in [4.69, 9.17) is 0 Å². The Morgan fingerprint density at radius 3 is 2.73 bits per heavy atom. The van der Waals surface area contributed by atoms with Crippen LogP contribution in [0.3, 0.4) is 0 Å². The van der Waals surface area contributed by atoms with E-state index in [9.17, 15) is 0 Å². The Hall–Kier alpha value is -1.11. The van der Waals surface area contributed by atoms with Crippen molar-refractivity contribution in [3.63, 3.8) is 0 Å². The Labute approximate surface area is 67.8 Å². The van der Waals surface area contributed by atoms with Crippen LogP contribution in [0.1, 0.15) is 19.4 Å². The summed E-state index contributed by atoms with van der Waals surface area (Å²) in [6.07, 6.45) is 5.59. The number of hydrogen-bond donors (Lipinski definition) is 0. The largest absolute Gasteiger partial charge is 0.264 e. The summed E-state index contributed by atoms with van der Waals surface area (Å²) in [5.74, 6) is 0. The SMILES string of the molecule is C=CC(C)(C)c1cccnc1. The normalized spacial score (nSPS) is 11.1. The highest BCUT2D eigenvalue weighted by molar-refractivity contribution is 5.24. The maximum atomic E-state index is 4.05. The molecule has 0 aromatic carbocycles. The second-order valence-corrected chi connectivity index (χ2v) is 3.17. The fourth-order valence-corrected chi connectivity index (χ4v) is 0.862. The Morgan fingerprint density at radius 2 is 2.27 bits per heavy atom. The predicted molar refractivity (Wildman–Crippen MR) is 47.5 cm³/mol. The van der Waals surface area contributed by atoms with Gasteiger partial charge in [-0.2, -0.15) is 0 Å². The molecule has 1 rings (SSSR count). The number of pyridine rings is 1. The van der Waals surface area contributed by atoms with Crippen LogP contribution >= 0.6 is 0 Å². The van der Waals surface area contributed by atoms with Crippen molar-refractivity contribution in [2.75, 3.05) is 0 Å². The minimum absolute atomic E-state index is 0.0360. The highest BCUT2D eigenvalue weighted by Crippen LogP contribution is 2.22. The monoisotopic (exact) mass is 147 g/mol. The number of aromatic nitrogens is 1. The molecule has 0 spiro atoms. The third-order valence-corrected chi connectivity index (χ3v) is 1.92. The van der Waals surface area contributed by atoms with Crippen molar-refractivity contribution in [1.82, 2.24) is 4.98 Å². The molecule has 11 heavy (non-hydrogen) atoms. The van der Waals surface area contributed by atoms with Crippen molar-refractivity contribution in [3.8, 4) is 0 Å². The van der Waals surface area contributed by atoms with Crippen molar-refractivity contribution >= 4 is 0 Å². The highest BCUT2D eigenvalue weighted by Gasteiger charge is 2.14. The minimum atomic E-state index is 0.0360. The maximum Gasteiger partial charge on any atom is 0.0308 e. The molecule has 58 valence electrons. The molecule has 1 aromatic heterocycles. The summed E-state index contributed by atoms with van der Waals surface area (Å²) in [7, 11) is 0. The molecule has 0 saturated carbocycles. The zero-order chi connectivity index (χ0) is 8.32. The van der Waals surface area contributed by atoms with E-state index in [0.29, 0.717) is 0 Å². The van der Waals surface area contributed by atoms with Crippen molar-refractivity contribution in [1.29, 1.82) is 0 Å². The summed E-state index contributed by atoms with van der Waals surface area (Å²) >= 11 is 0. The summed E-state index contributed by atoms with van der Waals surface area (Å²) in [6, 6.07) is 4.01. The quantitative estimate of drug-likeness (QED) is 0.586. The molecule has 0 N–H and O–H groups in total. The smallest absolute Gasteiger partial charge is 0.0308 e. The van der Waals surface area contributed by atoms with Gasteiger partial charge in [0, 0.05) is 17.8 Å². The molecular weight excluding hydrogens is 134 g/mol. The first-order valence-electron chi connectivity index (χ1n) is 3.71. The van der Waals surface area contributed by atoms with E-state index >= 15 is 0 Å². The topological polar surface area (TPSA) is 12.9 Å². The van der Waals surface area contributed by atoms with Gasteiger partial charge < -0.3 is 0 Å². The lowest BCUT2D eigenvalue weighted by Gasteiger charge is -2.19. The van der Waals surface area contributed by atoms with Crippen LogP contribution in [0.15, 0.2) is 37.2 Å². The molecular formula is C10H13N. The lowest BCUT2D eigenvalue weighted by atomic mass is 9.86. The summed E-state index contributed by atoms with van der Waals surface area (Å²) in [5.41, 5.74) is 1.24. The van der Waals surface area contributed by atoms with Gasteiger partial charge in [0.1, 0.15) is 0 Å². The van der Waals surface area contributed by atoms with Crippen LogP contribution in [0.25, 0.3) is 0 Å². The van der Waals surface area contributed by atoms with Gasteiger partial charge in [-0.05, 0) is 11.6 Å². The standard InChI is InChI=1S/C10H13N/c1-4-10(2,3)9-6-5-7-11-8-9/h4-8H,1H2,2-3H3. The van der Waals surface area contributed by atoms with Crippen LogP contribution in [0.2, 0.25) is 0 Å². The molecule has 0 aliphatic rings. The van der Waals surface area contributed by atoms with Crippen molar-refractivity contribution in [2.24, 2.45) is 0 Å². The number of allylic oxidation sites excluding steroid dienone is 1. The molecule has 0 fully saturated rings. The van der Waals surface area contributed by atoms with Crippen LogP contribution in [0.5, 0.6) is 0 Å². The van der Waals surface area contributed by atoms with Crippen LogP contribution in [-0.4, -0.2) is 4.98 Å². The molecule has 1 nitrogen and oxygen atoms in total. The van der Waals surface area contributed by atoms with Gasteiger partial charge in [0.15, 0.2) is 0 Å². The van der Waals surface area contributed by atoms with E-state index in [2.05, 4.69) is 31.5 Å². The average molecular weight is 147 g/mol. The van der Waals surface area contributed by atoms with E-state index in [1.54, 1.807) is 6.20 Å². The number of nitrogens with zero attached hydrogens (tertiary/aromatic N) is 1. The van der Waals surface area contributed by atoms with Crippen LogP contribution in [0, 0.1) is 0 Å². The molecule has 1 heteroatoms. The third kappa shape index (κ3) is 1.67. The van der Waals surface area contributed by atoms with Gasteiger partial charge in [0.2, 0.25) is 0 Å². The maximum absolute atomic E-state index is 4.05. The van der Waals surface area contributed by atoms with E-state index in [0.717, 1.165) is 0 Å². The highest BCUT2D eigenvalue weighted by atomic mass is 14.6. The molecule has 0 aliphatic carbocycles. The first-order valence-corrected chi connectivity index (χ1v) is 3.71. The van der Waals surface area contributed by atoms with Gasteiger partial charge in [0.25, 0.3) is 0 Å². The van der Waals surface area contributed by atoms with Gasteiger partial charge in [-0.1, -0.05) is 26.0 Å². The number of hydrogen-bond acceptors (Lipinski definition) is 1. The minimum Gasteiger partial charge on any atom is -0.264 e. The molecule has 0 saturated heterocycles. The van der Waals surface area contributed by atoms with Gasteiger partial charge in [-0.3, -0.25) is 4.98 Å². The Bertz CT molecular complexity index is 236. The van der Waals surface area contributed by atoms with Gasteiger partial charge in [-0.25, -0.2) is 0 Å². The Kier molecular flexibility index (Phi) is 2.08. The van der Waals surface area contributed by atoms with Gasteiger partial charge in [0.05, 0.1) is 0 Å². The molecule has 0 bridgehead atoms. The van der Waals surface area contributed by atoms with Gasteiger partial charge in [-0.15, -0.1) is 6.58 Å². The predicted octanol–water partition coefficient (Wildman–Crippen LogP) is 2.55. The van der Waals surface area contributed by atoms with Crippen molar-refractivity contribution in [3.05, 3.63) is 42.7 Å². The molecule has 0 unspecified atom stereocenters. The van der Waals surface area contributed by atoms with Crippen molar-refractivity contribution in [2.45, 2.75) is 19.3 Å². The lowest BCUT2D eigenvalue weighted by molar-refractivity contribution is 0.668. The first kappa shape index (κ1) is 7.99. The van der Waals surface area contributed by atoms with Gasteiger partial charge >= 0.3 is 0 Å². The van der Waals surface area contributed by atoms with Crippen LogP contribution in [-0.2, 0) is 5.41 Å². The molecule has 1 aromatic rings. The molecule has 1 heterocycles. The second kappa shape index (κ2) is 2.87. The summed E-state index contributed by atoms with van der Waals surface area (Å²) in [5, 5.41) is 0. The van der Waals surface area contributed by atoms with Crippen LogP contribution < -0.4 is 0 Å².